The third-order valence-corrected chi connectivity index (χ3v) is 6.92. The van der Waals surface area contributed by atoms with E-state index in [0.29, 0.717) is 11.7 Å². The molecule has 2 aliphatic rings. The van der Waals surface area contributed by atoms with Gasteiger partial charge in [0.15, 0.2) is 0 Å². The average molecular weight is 407 g/mol. The molecule has 0 aliphatic carbocycles. The summed E-state index contributed by atoms with van der Waals surface area (Å²) >= 11 is 1.54. The van der Waals surface area contributed by atoms with E-state index in [4.69, 9.17) is 0 Å². The monoisotopic (exact) mass is 406 g/mol. The first-order valence-electron chi connectivity index (χ1n) is 9.92. The Bertz CT molecular complexity index is 1070. The second kappa shape index (κ2) is 7.55. The molecule has 3 aromatic rings. The van der Waals surface area contributed by atoms with Crippen molar-refractivity contribution in [1.82, 2.24) is 14.9 Å². The number of nitrogens with zero attached hydrogens (tertiary/aromatic N) is 3. The molecule has 0 spiro atoms. The number of carbonyl (C=O) groups excluding carboxylic acids is 2. The van der Waals surface area contributed by atoms with E-state index in [9.17, 15) is 9.59 Å². The molecule has 0 radical (unpaired) electrons. The van der Waals surface area contributed by atoms with Gasteiger partial charge < -0.3 is 14.8 Å². The molecule has 148 valence electrons. The lowest BCUT2D eigenvalue weighted by atomic mass is 9.89. The van der Waals surface area contributed by atoms with Crippen molar-refractivity contribution in [3.8, 4) is 0 Å². The highest BCUT2D eigenvalue weighted by atomic mass is 32.2. The maximum absolute atomic E-state index is 12.9. The lowest BCUT2D eigenvalue weighted by molar-refractivity contribution is -0.132. The SMILES string of the molecule is O=C(CN1C(=O)CSc2ccccc21)N1CCC(c2c[nH]c3ncccc23)CC1. The van der Waals surface area contributed by atoms with E-state index in [1.807, 2.05) is 35.2 Å². The van der Waals surface area contributed by atoms with Crippen LogP contribution in [0.1, 0.15) is 24.3 Å². The summed E-state index contributed by atoms with van der Waals surface area (Å²) in [6.45, 7) is 1.56. The molecule has 0 atom stereocenters. The van der Waals surface area contributed by atoms with Gasteiger partial charge in [-0.15, -0.1) is 11.8 Å². The fourth-order valence-corrected chi connectivity index (χ4v) is 5.25. The van der Waals surface area contributed by atoms with Crippen LogP contribution in [-0.2, 0) is 9.59 Å². The van der Waals surface area contributed by atoms with Crippen molar-refractivity contribution in [2.75, 3.05) is 30.3 Å². The molecule has 2 aliphatic heterocycles. The number of pyridine rings is 1. The molecule has 2 amide bonds. The van der Waals surface area contributed by atoms with E-state index < -0.39 is 0 Å². The van der Waals surface area contributed by atoms with Crippen LogP contribution in [0.2, 0.25) is 0 Å². The lowest BCUT2D eigenvalue weighted by Crippen LogP contribution is -2.47. The molecule has 0 bridgehead atoms. The molecular formula is C22H22N4O2S. The van der Waals surface area contributed by atoms with Crippen LogP contribution in [0.5, 0.6) is 0 Å². The standard InChI is InChI=1S/C22H22N4O2S/c27-20(13-26-18-5-1-2-6-19(18)29-14-21(26)28)25-10-7-15(8-11-25)17-12-24-22-16(17)4-3-9-23-22/h1-6,9,12,15H,7-8,10-11,13-14H2,(H,23,24). The highest BCUT2D eigenvalue weighted by Crippen LogP contribution is 2.35. The van der Waals surface area contributed by atoms with Gasteiger partial charge in [0.05, 0.1) is 11.4 Å². The number of rotatable bonds is 3. The van der Waals surface area contributed by atoms with Gasteiger partial charge in [-0.05, 0) is 48.6 Å². The normalized spacial score (nSPS) is 17.6. The van der Waals surface area contributed by atoms with Crippen molar-refractivity contribution in [1.29, 1.82) is 0 Å². The molecule has 0 unspecified atom stereocenters. The lowest BCUT2D eigenvalue weighted by Gasteiger charge is -2.35. The molecule has 0 saturated carbocycles. The molecule has 5 rings (SSSR count). The number of likely N-dealkylation sites (tertiary alicyclic amines) is 1. The van der Waals surface area contributed by atoms with Crippen molar-refractivity contribution >= 4 is 40.3 Å². The summed E-state index contributed by atoms with van der Waals surface area (Å²) < 4.78 is 0. The molecule has 1 N–H and O–H groups in total. The molecule has 7 heteroatoms. The van der Waals surface area contributed by atoms with Crippen molar-refractivity contribution in [2.24, 2.45) is 0 Å². The maximum atomic E-state index is 12.9. The topological polar surface area (TPSA) is 69.3 Å². The van der Waals surface area contributed by atoms with Crippen LogP contribution in [0.15, 0.2) is 53.7 Å². The fourth-order valence-electron chi connectivity index (χ4n) is 4.32. The zero-order chi connectivity index (χ0) is 19.8. The average Bonchev–Trinajstić information content (AvgIpc) is 3.20. The summed E-state index contributed by atoms with van der Waals surface area (Å²) in [6, 6.07) is 11.9. The van der Waals surface area contributed by atoms with E-state index in [-0.39, 0.29) is 18.4 Å². The summed E-state index contributed by atoms with van der Waals surface area (Å²) in [5, 5.41) is 1.17. The predicted molar refractivity (Wildman–Crippen MR) is 114 cm³/mol. The number of hydrogen-bond acceptors (Lipinski definition) is 4. The van der Waals surface area contributed by atoms with E-state index in [2.05, 4.69) is 22.2 Å². The molecular weight excluding hydrogens is 384 g/mol. The van der Waals surface area contributed by atoms with Crippen LogP contribution in [0, 0.1) is 0 Å². The van der Waals surface area contributed by atoms with Crippen LogP contribution in [0.3, 0.4) is 0 Å². The number of aromatic amines is 1. The molecule has 4 heterocycles. The summed E-state index contributed by atoms with van der Waals surface area (Å²) in [6.07, 6.45) is 5.70. The Morgan fingerprint density at radius 3 is 2.86 bits per heavy atom. The number of carbonyl (C=O) groups is 2. The van der Waals surface area contributed by atoms with Gasteiger partial charge in [-0.2, -0.15) is 0 Å². The molecule has 29 heavy (non-hydrogen) atoms. The number of hydrogen-bond donors (Lipinski definition) is 1. The van der Waals surface area contributed by atoms with Gasteiger partial charge in [-0.3, -0.25) is 9.59 Å². The molecule has 1 saturated heterocycles. The minimum Gasteiger partial charge on any atom is -0.346 e. The molecule has 6 nitrogen and oxygen atoms in total. The maximum Gasteiger partial charge on any atom is 0.242 e. The minimum absolute atomic E-state index is 0.00299. The van der Waals surface area contributed by atoms with E-state index in [0.717, 1.165) is 42.2 Å². The number of piperidine rings is 1. The number of anilines is 1. The Hall–Kier alpha value is -2.80. The Morgan fingerprint density at radius 1 is 1.17 bits per heavy atom. The van der Waals surface area contributed by atoms with Crippen molar-refractivity contribution in [3.05, 3.63) is 54.4 Å². The fraction of sp³-hybridized carbons (Fsp3) is 0.318. The zero-order valence-electron chi connectivity index (χ0n) is 16.0. The number of aromatic nitrogens is 2. The Balaban J connectivity index is 1.26. The van der Waals surface area contributed by atoms with Gasteiger partial charge >= 0.3 is 0 Å². The third-order valence-electron chi connectivity index (χ3n) is 5.87. The molecule has 2 aromatic heterocycles. The smallest absolute Gasteiger partial charge is 0.242 e. The van der Waals surface area contributed by atoms with Crippen LogP contribution in [0.4, 0.5) is 5.69 Å². The number of para-hydroxylation sites is 1. The van der Waals surface area contributed by atoms with Crippen molar-refractivity contribution in [3.63, 3.8) is 0 Å². The van der Waals surface area contributed by atoms with Crippen LogP contribution in [-0.4, -0.2) is 52.1 Å². The third kappa shape index (κ3) is 3.40. The van der Waals surface area contributed by atoms with Gasteiger partial charge in [0.1, 0.15) is 12.2 Å². The minimum atomic E-state index is 0.00299. The largest absolute Gasteiger partial charge is 0.346 e. The molecule has 1 fully saturated rings. The van der Waals surface area contributed by atoms with Crippen LogP contribution in [0.25, 0.3) is 11.0 Å². The van der Waals surface area contributed by atoms with Gasteiger partial charge in [0, 0.05) is 35.8 Å². The van der Waals surface area contributed by atoms with E-state index in [1.165, 1.54) is 22.7 Å². The van der Waals surface area contributed by atoms with Gasteiger partial charge in [0.2, 0.25) is 11.8 Å². The van der Waals surface area contributed by atoms with Gasteiger partial charge in [0.25, 0.3) is 0 Å². The zero-order valence-corrected chi connectivity index (χ0v) is 16.8. The van der Waals surface area contributed by atoms with E-state index >= 15 is 0 Å². The Labute approximate surface area is 173 Å². The Morgan fingerprint density at radius 2 is 2.00 bits per heavy atom. The summed E-state index contributed by atoms with van der Waals surface area (Å²) in [4.78, 5) is 37.6. The Kier molecular flexibility index (Phi) is 4.75. The highest BCUT2D eigenvalue weighted by Gasteiger charge is 2.30. The number of H-pyrrole nitrogens is 1. The highest BCUT2D eigenvalue weighted by molar-refractivity contribution is 8.00. The van der Waals surface area contributed by atoms with Gasteiger partial charge in [-0.25, -0.2) is 4.98 Å². The van der Waals surface area contributed by atoms with Crippen molar-refractivity contribution in [2.45, 2.75) is 23.7 Å². The number of fused-ring (bicyclic) bond motifs is 2. The quantitative estimate of drug-likeness (QED) is 0.724. The number of thioether (sulfide) groups is 1. The first-order valence-corrected chi connectivity index (χ1v) is 10.9. The van der Waals surface area contributed by atoms with Crippen LogP contribution >= 0.6 is 11.8 Å². The summed E-state index contributed by atoms with van der Waals surface area (Å²) in [7, 11) is 0. The second-order valence-corrected chi connectivity index (χ2v) is 8.55. The number of benzene rings is 1. The summed E-state index contributed by atoms with van der Waals surface area (Å²) in [5.41, 5.74) is 3.06. The van der Waals surface area contributed by atoms with Crippen molar-refractivity contribution < 1.29 is 9.59 Å². The number of nitrogens with one attached hydrogen (secondary N) is 1. The first kappa shape index (κ1) is 18.2. The van der Waals surface area contributed by atoms with Crippen LogP contribution < -0.4 is 4.90 Å². The summed E-state index contributed by atoms with van der Waals surface area (Å²) in [5.74, 6) is 0.842. The first-order chi connectivity index (χ1) is 14.2. The predicted octanol–water partition coefficient (Wildman–Crippen LogP) is 3.41. The van der Waals surface area contributed by atoms with E-state index in [1.54, 1.807) is 11.1 Å². The number of amides is 2. The molecule has 1 aromatic carbocycles. The second-order valence-electron chi connectivity index (χ2n) is 7.53. The van der Waals surface area contributed by atoms with Gasteiger partial charge in [-0.1, -0.05) is 12.1 Å².